The van der Waals surface area contributed by atoms with E-state index in [1.54, 1.807) is 18.2 Å². The smallest absolute Gasteiger partial charge is 0.412 e. The van der Waals surface area contributed by atoms with Crippen molar-refractivity contribution in [3.8, 4) is 6.07 Å². The third-order valence-corrected chi connectivity index (χ3v) is 6.64. The van der Waals surface area contributed by atoms with Gasteiger partial charge in [0.1, 0.15) is 30.7 Å². The molecule has 0 aromatic heterocycles. The molecule has 240 valence electrons. The molecule has 44 heavy (non-hydrogen) atoms. The summed E-state index contributed by atoms with van der Waals surface area (Å²) in [6, 6.07) is 13.6. The number of hydrogen-bond donors (Lipinski definition) is 2. The topological polar surface area (TPSA) is 137 Å². The minimum absolute atomic E-state index is 0.320. The zero-order chi connectivity index (χ0) is 31.7. The molecule has 0 spiro atoms. The summed E-state index contributed by atoms with van der Waals surface area (Å²) < 4.78 is 49.6. The number of nitrogens with one attached hydrogen (secondary N) is 2. The molecular formula is C32H42FN3O8. The molecule has 1 fully saturated rings. The van der Waals surface area contributed by atoms with Gasteiger partial charge in [0.2, 0.25) is 0 Å². The number of anilines is 2. The van der Waals surface area contributed by atoms with Crippen molar-refractivity contribution in [1.29, 1.82) is 5.26 Å². The Morgan fingerprint density at radius 1 is 0.841 bits per heavy atom. The average Bonchev–Trinajstić information content (AvgIpc) is 3.02. The number of halogens is 1. The van der Waals surface area contributed by atoms with E-state index < -0.39 is 48.7 Å². The molecule has 12 heteroatoms. The quantitative estimate of drug-likeness (QED) is 0.206. The van der Waals surface area contributed by atoms with Crippen molar-refractivity contribution >= 4 is 23.6 Å². The Morgan fingerprint density at radius 2 is 1.52 bits per heavy atom. The number of rotatable bonds is 16. The van der Waals surface area contributed by atoms with E-state index in [9.17, 15) is 14.0 Å². The van der Waals surface area contributed by atoms with Crippen LogP contribution < -0.4 is 10.6 Å². The summed E-state index contributed by atoms with van der Waals surface area (Å²) in [6.07, 6.45) is -2.10. The molecule has 2 aromatic carbocycles. The predicted molar refractivity (Wildman–Crippen MR) is 161 cm³/mol. The van der Waals surface area contributed by atoms with Crippen LogP contribution in [-0.4, -0.2) is 69.3 Å². The van der Waals surface area contributed by atoms with Crippen LogP contribution in [0.25, 0.3) is 0 Å². The second-order valence-corrected chi connectivity index (χ2v) is 10.2. The van der Waals surface area contributed by atoms with Crippen molar-refractivity contribution in [2.24, 2.45) is 0 Å². The molecule has 1 saturated heterocycles. The highest BCUT2D eigenvalue weighted by molar-refractivity contribution is 5.85. The molecule has 11 nitrogen and oxygen atoms in total. The van der Waals surface area contributed by atoms with Crippen LogP contribution >= 0.6 is 0 Å². The van der Waals surface area contributed by atoms with E-state index >= 15 is 0 Å². The van der Waals surface area contributed by atoms with Crippen molar-refractivity contribution in [3.63, 3.8) is 0 Å². The summed E-state index contributed by atoms with van der Waals surface area (Å²) in [6.45, 7) is 6.85. The van der Waals surface area contributed by atoms with Crippen LogP contribution in [0.2, 0.25) is 0 Å². The zero-order valence-corrected chi connectivity index (χ0v) is 25.5. The maximum atomic E-state index is 13.4. The summed E-state index contributed by atoms with van der Waals surface area (Å²) in [7, 11) is 0. The Kier molecular flexibility index (Phi) is 14.8. The highest BCUT2D eigenvalue weighted by Crippen LogP contribution is 2.30. The lowest BCUT2D eigenvalue weighted by molar-refractivity contribution is -0.314. The minimum atomic E-state index is -1.07. The Bertz CT molecular complexity index is 1210. The van der Waals surface area contributed by atoms with Crippen LogP contribution in [0.3, 0.4) is 0 Å². The Morgan fingerprint density at radius 3 is 2.20 bits per heavy atom. The van der Waals surface area contributed by atoms with E-state index in [1.165, 1.54) is 30.3 Å². The van der Waals surface area contributed by atoms with E-state index in [1.807, 2.05) is 26.8 Å². The van der Waals surface area contributed by atoms with Crippen molar-refractivity contribution in [1.82, 2.24) is 0 Å². The molecule has 2 N–H and O–H groups in total. The van der Waals surface area contributed by atoms with Gasteiger partial charge in [0.25, 0.3) is 0 Å². The van der Waals surface area contributed by atoms with E-state index in [0.29, 0.717) is 43.2 Å². The first-order chi connectivity index (χ1) is 21.4. The Hall–Kier alpha value is -3.76. The zero-order valence-electron chi connectivity index (χ0n) is 25.5. The number of nitriles is 1. The standard InChI is InChI=1S/C32H42FN3O8/c1-4-7-17-40-29-28(39-16-6-3)27(44-32(38)35-24-14-12-23(33)13-15-24)26(43-30(29)41-18-8-5-2)21-42-31(37)36-25-11-9-10-22(19-25)20-34/h9-15,19,26-30H,4-8,16-18,21H2,1-3H3,(H,35,38)(H,36,37)/t26-,27-,28+,29-,30-/m1/s1. The van der Waals surface area contributed by atoms with Gasteiger partial charge < -0.3 is 28.4 Å². The van der Waals surface area contributed by atoms with E-state index in [4.69, 9.17) is 33.7 Å². The van der Waals surface area contributed by atoms with Gasteiger partial charge in [0.05, 0.1) is 11.6 Å². The van der Waals surface area contributed by atoms with Gasteiger partial charge >= 0.3 is 12.2 Å². The van der Waals surface area contributed by atoms with Gasteiger partial charge in [-0.05, 0) is 61.7 Å². The van der Waals surface area contributed by atoms with Crippen molar-refractivity contribution in [2.75, 3.05) is 37.1 Å². The fraction of sp³-hybridized carbons (Fsp3) is 0.531. The largest absolute Gasteiger partial charge is 0.446 e. The monoisotopic (exact) mass is 615 g/mol. The maximum absolute atomic E-state index is 13.4. The third-order valence-electron chi connectivity index (χ3n) is 6.64. The van der Waals surface area contributed by atoms with Crippen LogP contribution in [0.15, 0.2) is 48.5 Å². The van der Waals surface area contributed by atoms with Crippen molar-refractivity contribution < 1.29 is 42.4 Å². The molecule has 2 aromatic rings. The number of amides is 2. The number of nitrogens with zero attached hydrogens (tertiary/aromatic N) is 1. The molecule has 2 amide bonds. The number of hydrogen-bond acceptors (Lipinski definition) is 9. The van der Waals surface area contributed by atoms with E-state index in [0.717, 1.165) is 25.7 Å². The highest BCUT2D eigenvalue weighted by Gasteiger charge is 2.50. The van der Waals surface area contributed by atoms with Crippen LogP contribution in [0.5, 0.6) is 0 Å². The first kappa shape index (κ1) is 34.7. The number of unbranched alkanes of at least 4 members (excludes halogenated alkanes) is 2. The third kappa shape index (κ3) is 11.1. The van der Waals surface area contributed by atoms with Crippen LogP contribution in [0, 0.1) is 17.1 Å². The van der Waals surface area contributed by atoms with Gasteiger partial charge in [-0.1, -0.05) is 39.7 Å². The number of ether oxygens (including phenoxy) is 6. The SMILES string of the molecule is CCCCO[C@@H]1O[C@H](COC(=O)Nc2cccc(C#N)c2)[C@@H](OC(=O)Nc2ccc(F)cc2)[C@H](OCCC)[C@H]1OCCCC. The fourth-order valence-electron chi connectivity index (χ4n) is 4.40. The van der Waals surface area contributed by atoms with Gasteiger partial charge in [-0.3, -0.25) is 10.6 Å². The first-order valence-corrected chi connectivity index (χ1v) is 15.1. The lowest BCUT2D eigenvalue weighted by Crippen LogP contribution is -2.62. The summed E-state index contributed by atoms with van der Waals surface area (Å²) in [5, 5.41) is 14.3. The van der Waals surface area contributed by atoms with E-state index in [-0.39, 0.29) is 6.61 Å². The highest BCUT2D eigenvalue weighted by atomic mass is 19.1. The van der Waals surface area contributed by atoms with E-state index in [2.05, 4.69) is 10.6 Å². The van der Waals surface area contributed by atoms with Gasteiger partial charge in [-0.2, -0.15) is 5.26 Å². The number of carbonyl (C=O) groups excluding carboxylic acids is 2. The van der Waals surface area contributed by atoms with Crippen LogP contribution in [-0.2, 0) is 28.4 Å². The van der Waals surface area contributed by atoms with Crippen molar-refractivity contribution in [3.05, 3.63) is 59.9 Å². The van der Waals surface area contributed by atoms with Gasteiger partial charge in [0, 0.05) is 31.2 Å². The summed E-state index contributed by atoms with van der Waals surface area (Å²) in [5.74, 6) is -0.450. The lowest BCUT2D eigenvalue weighted by Gasteiger charge is -2.45. The molecule has 5 atom stereocenters. The summed E-state index contributed by atoms with van der Waals surface area (Å²) in [4.78, 5) is 25.8. The predicted octanol–water partition coefficient (Wildman–Crippen LogP) is 6.39. The second-order valence-electron chi connectivity index (χ2n) is 10.2. The lowest BCUT2D eigenvalue weighted by atomic mass is 9.98. The van der Waals surface area contributed by atoms with Gasteiger partial charge in [0.15, 0.2) is 12.4 Å². The fourth-order valence-corrected chi connectivity index (χ4v) is 4.40. The second kappa shape index (κ2) is 18.8. The van der Waals surface area contributed by atoms with Crippen LogP contribution in [0.4, 0.5) is 25.4 Å². The maximum Gasteiger partial charge on any atom is 0.412 e. The number of benzene rings is 2. The minimum Gasteiger partial charge on any atom is -0.446 e. The molecular weight excluding hydrogens is 573 g/mol. The van der Waals surface area contributed by atoms with Crippen molar-refractivity contribution in [2.45, 2.75) is 83.6 Å². The molecule has 1 aliphatic heterocycles. The molecule has 0 unspecified atom stereocenters. The molecule has 0 bridgehead atoms. The molecule has 0 radical (unpaired) electrons. The molecule has 1 heterocycles. The summed E-state index contributed by atoms with van der Waals surface area (Å²) >= 11 is 0. The van der Waals surface area contributed by atoms with Gasteiger partial charge in [-0.15, -0.1) is 0 Å². The number of carbonyl (C=O) groups is 2. The first-order valence-electron chi connectivity index (χ1n) is 15.1. The molecule has 0 aliphatic carbocycles. The average molecular weight is 616 g/mol. The van der Waals surface area contributed by atoms with Crippen LogP contribution in [0.1, 0.15) is 58.4 Å². The molecule has 1 aliphatic rings. The Labute approximate surface area is 257 Å². The normalized spacial score (nSPS) is 21.2. The summed E-state index contributed by atoms with van der Waals surface area (Å²) in [5.41, 5.74) is 1.07. The molecule has 3 rings (SSSR count). The van der Waals surface area contributed by atoms with Gasteiger partial charge in [-0.25, -0.2) is 14.0 Å². The molecule has 0 saturated carbocycles. The Balaban J connectivity index is 1.84.